The summed E-state index contributed by atoms with van der Waals surface area (Å²) in [5.41, 5.74) is 1.73. The molecule has 0 saturated heterocycles. The molecule has 4 rings (SSSR count). The van der Waals surface area contributed by atoms with Gasteiger partial charge >= 0.3 is 5.97 Å². The summed E-state index contributed by atoms with van der Waals surface area (Å²) in [4.78, 5) is 21.2. The maximum atomic E-state index is 12.7. The van der Waals surface area contributed by atoms with Crippen molar-refractivity contribution >= 4 is 5.97 Å². The number of hydrogen-bond donors (Lipinski definition) is 0. The first kappa shape index (κ1) is 21.0. The van der Waals surface area contributed by atoms with E-state index >= 15 is 0 Å². The first-order valence-electron chi connectivity index (χ1n) is 9.85. The number of aromatic nitrogens is 5. The Morgan fingerprint density at radius 2 is 1.97 bits per heavy atom. The summed E-state index contributed by atoms with van der Waals surface area (Å²) < 4.78 is 22.8. The lowest BCUT2D eigenvalue weighted by atomic mass is 10.2. The molecule has 0 aliphatic carbocycles. The largest absolute Gasteiger partial charge is 0.493 e. The summed E-state index contributed by atoms with van der Waals surface area (Å²) in [6, 6.07) is 10.7. The molecular weight excluding hydrogens is 414 g/mol. The highest BCUT2D eigenvalue weighted by Gasteiger charge is 2.20. The van der Waals surface area contributed by atoms with Gasteiger partial charge in [0.05, 0.1) is 26.1 Å². The van der Waals surface area contributed by atoms with Gasteiger partial charge in [-0.15, -0.1) is 0 Å². The van der Waals surface area contributed by atoms with E-state index in [1.54, 1.807) is 43.3 Å². The predicted molar refractivity (Wildman–Crippen MR) is 113 cm³/mol. The standard InChI is InChI=1S/C22H21N5O5/c1-4-16-15(12-24-27(16)19-7-5-6-10-23-19)22(28)31-13-20-25-21(26-32-20)14-8-9-17(29-2)18(11-14)30-3/h5-12H,4,13H2,1-3H3. The van der Waals surface area contributed by atoms with Crippen molar-refractivity contribution in [1.82, 2.24) is 24.9 Å². The number of carbonyl (C=O) groups excluding carboxylic acids is 1. The molecule has 0 saturated carbocycles. The molecule has 0 amide bonds. The Balaban J connectivity index is 1.47. The number of esters is 1. The smallest absolute Gasteiger partial charge is 0.342 e. The van der Waals surface area contributed by atoms with Gasteiger partial charge in [-0.2, -0.15) is 10.1 Å². The molecule has 0 bridgehead atoms. The Morgan fingerprint density at radius 1 is 1.12 bits per heavy atom. The summed E-state index contributed by atoms with van der Waals surface area (Å²) in [5.74, 6) is 1.73. The number of ether oxygens (including phenoxy) is 3. The van der Waals surface area contributed by atoms with Crippen LogP contribution in [0.15, 0.2) is 53.3 Å². The number of nitrogens with zero attached hydrogens (tertiary/aromatic N) is 5. The van der Waals surface area contributed by atoms with Crippen LogP contribution in [0, 0.1) is 0 Å². The summed E-state index contributed by atoms with van der Waals surface area (Å²) in [6.45, 7) is 1.76. The fraction of sp³-hybridized carbons (Fsp3) is 0.227. The number of carbonyl (C=O) groups is 1. The molecule has 0 aliphatic heterocycles. The van der Waals surface area contributed by atoms with E-state index in [-0.39, 0.29) is 12.5 Å². The molecule has 0 fully saturated rings. The normalized spacial score (nSPS) is 10.7. The van der Waals surface area contributed by atoms with Gasteiger partial charge in [-0.25, -0.2) is 14.5 Å². The summed E-state index contributed by atoms with van der Waals surface area (Å²) in [7, 11) is 3.10. The molecule has 10 heteroatoms. The maximum Gasteiger partial charge on any atom is 0.342 e. The topological polar surface area (TPSA) is 114 Å². The molecule has 164 valence electrons. The third-order valence-electron chi connectivity index (χ3n) is 4.73. The Kier molecular flexibility index (Phi) is 6.11. The van der Waals surface area contributed by atoms with E-state index in [0.717, 1.165) is 0 Å². The second-order valence-corrected chi connectivity index (χ2v) is 6.62. The van der Waals surface area contributed by atoms with Crippen molar-refractivity contribution in [3.8, 4) is 28.7 Å². The van der Waals surface area contributed by atoms with Crippen molar-refractivity contribution in [2.75, 3.05) is 14.2 Å². The van der Waals surface area contributed by atoms with Crippen LogP contribution in [0.1, 0.15) is 28.9 Å². The SMILES string of the molecule is CCc1c(C(=O)OCc2nc(-c3ccc(OC)c(OC)c3)no2)cnn1-c1ccccn1. The van der Waals surface area contributed by atoms with Crippen molar-refractivity contribution in [1.29, 1.82) is 0 Å². The van der Waals surface area contributed by atoms with Gasteiger partial charge in [0.1, 0.15) is 5.56 Å². The molecule has 0 atom stereocenters. The molecule has 10 nitrogen and oxygen atoms in total. The quantitative estimate of drug-likeness (QED) is 0.385. The highest BCUT2D eigenvalue weighted by molar-refractivity contribution is 5.90. The Hall–Kier alpha value is -4.21. The van der Waals surface area contributed by atoms with Gasteiger partial charge in [-0.05, 0) is 36.8 Å². The zero-order valence-electron chi connectivity index (χ0n) is 17.8. The molecule has 0 radical (unpaired) electrons. The average molecular weight is 435 g/mol. The van der Waals surface area contributed by atoms with Crippen molar-refractivity contribution in [2.45, 2.75) is 20.0 Å². The van der Waals surface area contributed by atoms with Crippen LogP contribution < -0.4 is 9.47 Å². The van der Waals surface area contributed by atoms with Crippen LogP contribution in [0.5, 0.6) is 11.5 Å². The van der Waals surface area contributed by atoms with E-state index < -0.39 is 5.97 Å². The van der Waals surface area contributed by atoms with E-state index in [0.29, 0.717) is 46.4 Å². The third kappa shape index (κ3) is 4.15. The van der Waals surface area contributed by atoms with E-state index in [1.165, 1.54) is 6.20 Å². The van der Waals surface area contributed by atoms with Gasteiger partial charge in [0.25, 0.3) is 5.89 Å². The molecule has 3 aromatic heterocycles. The Labute approximate surface area is 183 Å². The zero-order chi connectivity index (χ0) is 22.5. The van der Waals surface area contributed by atoms with E-state index in [4.69, 9.17) is 18.7 Å². The molecule has 0 unspecified atom stereocenters. The lowest BCUT2D eigenvalue weighted by Gasteiger charge is -2.07. The third-order valence-corrected chi connectivity index (χ3v) is 4.73. The number of hydrogen-bond acceptors (Lipinski definition) is 9. The van der Waals surface area contributed by atoms with Crippen LogP contribution in [0.25, 0.3) is 17.2 Å². The summed E-state index contributed by atoms with van der Waals surface area (Å²) in [6.07, 6.45) is 3.71. The molecular formula is C22H21N5O5. The lowest BCUT2D eigenvalue weighted by Crippen LogP contribution is -2.10. The second-order valence-electron chi connectivity index (χ2n) is 6.62. The Morgan fingerprint density at radius 3 is 2.69 bits per heavy atom. The highest BCUT2D eigenvalue weighted by atomic mass is 16.6. The molecule has 3 heterocycles. The van der Waals surface area contributed by atoms with Gasteiger partial charge in [0.2, 0.25) is 5.82 Å². The minimum absolute atomic E-state index is 0.165. The fourth-order valence-electron chi connectivity index (χ4n) is 3.17. The number of pyridine rings is 1. The maximum absolute atomic E-state index is 12.7. The van der Waals surface area contributed by atoms with Crippen LogP contribution in [0.2, 0.25) is 0 Å². The van der Waals surface area contributed by atoms with Crippen molar-refractivity contribution in [3.63, 3.8) is 0 Å². The molecule has 0 N–H and O–H groups in total. The number of rotatable bonds is 8. The first-order chi connectivity index (χ1) is 15.6. The minimum Gasteiger partial charge on any atom is -0.493 e. The van der Waals surface area contributed by atoms with Crippen LogP contribution >= 0.6 is 0 Å². The molecule has 1 aromatic carbocycles. The first-order valence-corrected chi connectivity index (χ1v) is 9.85. The van der Waals surface area contributed by atoms with Crippen LogP contribution in [0.4, 0.5) is 0 Å². The highest BCUT2D eigenvalue weighted by Crippen LogP contribution is 2.31. The number of benzene rings is 1. The zero-order valence-corrected chi connectivity index (χ0v) is 17.8. The van der Waals surface area contributed by atoms with Gasteiger partial charge in [-0.3, -0.25) is 0 Å². The van der Waals surface area contributed by atoms with Crippen LogP contribution in [-0.2, 0) is 17.8 Å². The van der Waals surface area contributed by atoms with Gasteiger partial charge in [0.15, 0.2) is 23.9 Å². The van der Waals surface area contributed by atoms with Gasteiger partial charge in [0, 0.05) is 11.8 Å². The van der Waals surface area contributed by atoms with E-state index in [9.17, 15) is 4.79 Å². The van der Waals surface area contributed by atoms with E-state index in [1.807, 2.05) is 25.1 Å². The number of methoxy groups -OCH3 is 2. The summed E-state index contributed by atoms with van der Waals surface area (Å²) >= 11 is 0. The molecule has 0 spiro atoms. The van der Waals surface area contributed by atoms with E-state index in [2.05, 4.69) is 20.2 Å². The fourth-order valence-corrected chi connectivity index (χ4v) is 3.17. The van der Waals surface area contributed by atoms with Gasteiger partial charge < -0.3 is 18.7 Å². The average Bonchev–Trinajstić information content (AvgIpc) is 3.50. The minimum atomic E-state index is -0.533. The second kappa shape index (κ2) is 9.29. The van der Waals surface area contributed by atoms with Crippen molar-refractivity contribution < 1.29 is 23.5 Å². The monoisotopic (exact) mass is 435 g/mol. The van der Waals surface area contributed by atoms with Crippen LogP contribution in [0.3, 0.4) is 0 Å². The molecule has 32 heavy (non-hydrogen) atoms. The summed E-state index contributed by atoms with van der Waals surface area (Å²) in [5, 5.41) is 8.23. The molecule has 0 aliphatic rings. The van der Waals surface area contributed by atoms with Crippen molar-refractivity contribution in [3.05, 3.63) is 65.9 Å². The molecule has 4 aromatic rings. The predicted octanol–water partition coefficient (Wildman–Crippen LogP) is 3.25. The van der Waals surface area contributed by atoms with Crippen LogP contribution in [-0.4, -0.2) is 45.1 Å². The van der Waals surface area contributed by atoms with Gasteiger partial charge in [-0.1, -0.05) is 18.1 Å². The lowest BCUT2D eigenvalue weighted by molar-refractivity contribution is 0.0428. The van der Waals surface area contributed by atoms with Crippen molar-refractivity contribution in [2.24, 2.45) is 0 Å². The Bertz CT molecular complexity index is 1220.